The van der Waals surface area contributed by atoms with Gasteiger partial charge in [0, 0.05) is 12.1 Å². The lowest BCUT2D eigenvalue weighted by Gasteiger charge is -2.18. The number of hydrogen-bond acceptors (Lipinski definition) is 3. The van der Waals surface area contributed by atoms with Gasteiger partial charge in [-0.1, -0.05) is 18.9 Å². The summed E-state index contributed by atoms with van der Waals surface area (Å²) in [6.07, 6.45) is 3.59. The highest BCUT2D eigenvalue weighted by Gasteiger charge is 2.22. The second kappa shape index (κ2) is 6.89. The summed E-state index contributed by atoms with van der Waals surface area (Å²) >= 11 is 0. The van der Waals surface area contributed by atoms with Gasteiger partial charge in [-0.15, -0.1) is 0 Å². The molecule has 1 aromatic rings. The van der Waals surface area contributed by atoms with Gasteiger partial charge < -0.3 is 15.8 Å². The van der Waals surface area contributed by atoms with Crippen LogP contribution in [0.2, 0.25) is 0 Å². The van der Waals surface area contributed by atoms with Crippen molar-refractivity contribution in [1.29, 1.82) is 0 Å². The lowest BCUT2D eigenvalue weighted by atomic mass is 10.1. The van der Waals surface area contributed by atoms with Crippen LogP contribution in [-0.2, 0) is 4.79 Å². The molecule has 1 aromatic carbocycles. The Bertz CT molecular complexity index is 499. The minimum atomic E-state index is -0.721. The van der Waals surface area contributed by atoms with E-state index in [2.05, 4.69) is 5.32 Å². The number of carbonyl (C=O) groups excluding carboxylic acids is 1. The molecule has 1 saturated carbocycles. The maximum Gasteiger partial charge on any atom is 0.260 e. The van der Waals surface area contributed by atoms with E-state index in [1.165, 1.54) is 12.1 Å². The highest BCUT2D eigenvalue weighted by molar-refractivity contribution is 5.81. The van der Waals surface area contributed by atoms with Crippen LogP contribution in [-0.4, -0.2) is 18.1 Å². The Morgan fingerprint density at radius 1 is 1.38 bits per heavy atom. The van der Waals surface area contributed by atoms with Crippen LogP contribution in [0.3, 0.4) is 0 Å². The van der Waals surface area contributed by atoms with Crippen molar-refractivity contribution in [3.05, 3.63) is 29.6 Å². The largest absolute Gasteiger partial charge is 0.478 e. The Balaban J connectivity index is 1.95. The number of amides is 1. The quantitative estimate of drug-likeness (QED) is 0.877. The molecule has 0 bridgehead atoms. The number of halogens is 1. The van der Waals surface area contributed by atoms with Crippen LogP contribution in [0.25, 0.3) is 0 Å². The summed E-state index contributed by atoms with van der Waals surface area (Å²) in [5.74, 6) is -0.614. The number of rotatable bonds is 5. The van der Waals surface area contributed by atoms with Gasteiger partial charge >= 0.3 is 0 Å². The minimum absolute atomic E-state index is 0.0773. The number of carbonyl (C=O) groups is 1. The number of hydrogen-bond donors (Lipinski definition) is 2. The summed E-state index contributed by atoms with van der Waals surface area (Å²) in [7, 11) is 0. The van der Waals surface area contributed by atoms with Gasteiger partial charge in [0.1, 0.15) is 0 Å². The van der Waals surface area contributed by atoms with Crippen molar-refractivity contribution in [3.63, 3.8) is 0 Å². The fourth-order valence-corrected chi connectivity index (χ4v) is 2.53. The van der Waals surface area contributed by atoms with Crippen LogP contribution < -0.4 is 15.8 Å². The van der Waals surface area contributed by atoms with Gasteiger partial charge in [0.15, 0.2) is 17.7 Å². The zero-order valence-electron chi connectivity index (χ0n) is 12.6. The molecular weight excluding hydrogens is 271 g/mol. The average molecular weight is 294 g/mol. The fourth-order valence-electron chi connectivity index (χ4n) is 2.53. The first-order valence-corrected chi connectivity index (χ1v) is 7.49. The van der Waals surface area contributed by atoms with Crippen molar-refractivity contribution in [1.82, 2.24) is 5.32 Å². The highest BCUT2D eigenvalue weighted by atomic mass is 19.1. The zero-order valence-corrected chi connectivity index (χ0v) is 12.6. The third kappa shape index (κ3) is 4.17. The van der Waals surface area contributed by atoms with E-state index in [4.69, 9.17) is 10.5 Å². The Hall–Kier alpha value is -1.62. The van der Waals surface area contributed by atoms with Crippen LogP contribution in [0.1, 0.15) is 51.1 Å². The summed E-state index contributed by atoms with van der Waals surface area (Å²) in [6, 6.07) is 4.57. The van der Waals surface area contributed by atoms with Crippen LogP contribution >= 0.6 is 0 Å². The molecule has 1 aliphatic rings. The van der Waals surface area contributed by atoms with E-state index >= 15 is 0 Å². The Morgan fingerprint density at radius 2 is 2.05 bits per heavy atom. The molecule has 0 aliphatic heterocycles. The van der Waals surface area contributed by atoms with E-state index < -0.39 is 11.9 Å². The van der Waals surface area contributed by atoms with Gasteiger partial charge in [0.25, 0.3) is 5.91 Å². The topological polar surface area (TPSA) is 64.3 Å². The van der Waals surface area contributed by atoms with E-state index in [9.17, 15) is 9.18 Å². The molecule has 1 fully saturated rings. The van der Waals surface area contributed by atoms with Gasteiger partial charge in [0.2, 0.25) is 0 Å². The maximum absolute atomic E-state index is 13.9. The Kier molecular flexibility index (Phi) is 5.17. The van der Waals surface area contributed by atoms with Gasteiger partial charge in [-0.25, -0.2) is 4.39 Å². The van der Waals surface area contributed by atoms with Crippen molar-refractivity contribution in [2.24, 2.45) is 5.73 Å². The van der Waals surface area contributed by atoms with E-state index in [1.807, 2.05) is 0 Å². The summed E-state index contributed by atoms with van der Waals surface area (Å²) in [4.78, 5) is 12.0. The first-order valence-electron chi connectivity index (χ1n) is 7.49. The third-order valence-corrected chi connectivity index (χ3v) is 3.86. The van der Waals surface area contributed by atoms with Gasteiger partial charge in [-0.05, 0) is 44.4 Å². The molecule has 0 aromatic heterocycles. The van der Waals surface area contributed by atoms with Crippen molar-refractivity contribution >= 4 is 5.91 Å². The number of nitrogens with two attached hydrogens (primary N) is 1. The third-order valence-electron chi connectivity index (χ3n) is 3.86. The molecule has 116 valence electrons. The molecule has 21 heavy (non-hydrogen) atoms. The van der Waals surface area contributed by atoms with E-state index in [0.29, 0.717) is 5.56 Å². The standard InChI is InChI=1S/C16H23FN2O2/c1-10(18)12-7-8-15(14(17)9-12)21-11(2)16(20)19-13-5-3-4-6-13/h7-11,13H,3-6,18H2,1-2H3,(H,19,20)/t10-,11?/m1/s1. The summed E-state index contributed by atoms with van der Waals surface area (Å²) in [5, 5.41) is 2.94. The molecule has 0 radical (unpaired) electrons. The Labute approximate surface area is 124 Å². The molecule has 4 nitrogen and oxygen atoms in total. The molecule has 1 amide bonds. The maximum atomic E-state index is 13.9. The van der Waals surface area contributed by atoms with Gasteiger partial charge in [0.05, 0.1) is 0 Å². The molecule has 1 aliphatic carbocycles. The van der Waals surface area contributed by atoms with E-state index in [0.717, 1.165) is 25.7 Å². The van der Waals surface area contributed by atoms with E-state index in [1.54, 1.807) is 19.9 Å². The molecule has 1 unspecified atom stereocenters. The second-order valence-corrected chi connectivity index (χ2v) is 5.73. The number of benzene rings is 1. The van der Waals surface area contributed by atoms with Crippen LogP contribution in [0.15, 0.2) is 18.2 Å². The lowest BCUT2D eigenvalue weighted by molar-refractivity contribution is -0.128. The molecule has 3 N–H and O–H groups in total. The molecule has 0 heterocycles. The van der Waals surface area contributed by atoms with Crippen molar-refractivity contribution in [3.8, 4) is 5.75 Å². The summed E-state index contributed by atoms with van der Waals surface area (Å²) < 4.78 is 19.4. The van der Waals surface area contributed by atoms with Gasteiger partial charge in [-0.2, -0.15) is 0 Å². The van der Waals surface area contributed by atoms with Crippen LogP contribution in [0, 0.1) is 5.82 Å². The SMILES string of the molecule is CC(Oc1ccc([C@@H](C)N)cc1F)C(=O)NC1CCCC1. The molecule has 2 rings (SSSR count). The number of nitrogens with one attached hydrogen (secondary N) is 1. The first kappa shape index (κ1) is 15.8. The van der Waals surface area contributed by atoms with Gasteiger partial charge in [-0.3, -0.25) is 4.79 Å². The lowest BCUT2D eigenvalue weighted by Crippen LogP contribution is -2.41. The van der Waals surface area contributed by atoms with Crippen molar-refractivity contribution in [2.75, 3.05) is 0 Å². The normalized spacial score (nSPS) is 18.3. The van der Waals surface area contributed by atoms with E-state index in [-0.39, 0.29) is 23.7 Å². The molecule has 0 saturated heterocycles. The predicted molar refractivity (Wildman–Crippen MR) is 79.5 cm³/mol. The molecule has 5 heteroatoms. The summed E-state index contributed by atoms with van der Waals surface area (Å²) in [6.45, 7) is 3.41. The fraction of sp³-hybridized carbons (Fsp3) is 0.562. The van der Waals surface area contributed by atoms with Crippen LogP contribution in [0.5, 0.6) is 5.75 Å². The monoisotopic (exact) mass is 294 g/mol. The minimum Gasteiger partial charge on any atom is -0.478 e. The van der Waals surface area contributed by atoms with Crippen molar-refractivity contribution < 1.29 is 13.9 Å². The Morgan fingerprint density at radius 3 is 2.62 bits per heavy atom. The van der Waals surface area contributed by atoms with Crippen LogP contribution in [0.4, 0.5) is 4.39 Å². The summed E-state index contributed by atoms with van der Waals surface area (Å²) in [5.41, 5.74) is 6.40. The average Bonchev–Trinajstić information content (AvgIpc) is 2.93. The molecule has 0 spiro atoms. The smallest absolute Gasteiger partial charge is 0.260 e. The molecule has 2 atom stereocenters. The predicted octanol–water partition coefficient (Wildman–Crippen LogP) is 2.67. The zero-order chi connectivity index (χ0) is 15.4. The highest BCUT2D eigenvalue weighted by Crippen LogP contribution is 2.22. The van der Waals surface area contributed by atoms with Crippen molar-refractivity contribution in [2.45, 2.75) is 57.7 Å². The second-order valence-electron chi connectivity index (χ2n) is 5.73. The number of ether oxygens (including phenoxy) is 1. The first-order chi connectivity index (χ1) is 9.97. The molecular formula is C16H23FN2O2.